The summed E-state index contributed by atoms with van der Waals surface area (Å²) in [5.41, 5.74) is 1.67. The molecule has 1 saturated heterocycles. The molecule has 1 aliphatic carbocycles. The van der Waals surface area contributed by atoms with E-state index in [1.807, 2.05) is 30.3 Å². The van der Waals surface area contributed by atoms with Crippen LogP contribution in [0.5, 0.6) is 0 Å². The van der Waals surface area contributed by atoms with Crippen LogP contribution in [0.1, 0.15) is 24.3 Å². The minimum Gasteiger partial charge on any atom is -0.378 e. The summed E-state index contributed by atoms with van der Waals surface area (Å²) in [4.78, 5) is 26.9. The smallest absolute Gasteiger partial charge is 0.244 e. The molecular weight excluding hydrogens is 344 g/mol. The van der Waals surface area contributed by atoms with E-state index in [9.17, 15) is 9.59 Å². The maximum atomic E-state index is 12.8. The number of amides is 2. The molecule has 1 aromatic carbocycles. The van der Waals surface area contributed by atoms with E-state index < -0.39 is 0 Å². The van der Waals surface area contributed by atoms with Crippen LogP contribution in [0.15, 0.2) is 42.7 Å². The van der Waals surface area contributed by atoms with Crippen molar-refractivity contribution in [1.82, 2.24) is 14.7 Å². The van der Waals surface area contributed by atoms with Gasteiger partial charge in [-0.3, -0.25) is 14.3 Å². The molecular formula is C20H24N4O3. The Hall–Kier alpha value is -2.67. The van der Waals surface area contributed by atoms with Crippen molar-refractivity contribution in [2.45, 2.75) is 25.3 Å². The second-order valence-electron chi connectivity index (χ2n) is 7.13. The van der Waals surface area contributed by atoms with Gasteiger partial charge in [0.25, 0.3) is 0 Å². The summed E-state index contributed by atoms with van der Waals surface area (Å²) in [5.74, 6) is 0.275. The summed E-state index contributed by atoms with van der Waals surface area (Å²) in [7, 11) is 0. The third-order valence-electron chi connectivity index (χ3n) is 5.10. The van der Waals surface area contributed by atoms with Crippen molar-refractivity contribution in [2.75, 3.05) is 31.6 Å². The van der Waals surface area contributed by atoms with Gasteiger partial charge in [-0.1, -0.05) is 30.3 Å². The van der Waals surface area contributed by atoms with Crippen LogP contribution in [0.3, 0.4) is 0 Å². The number of nitrogens with zero attached hydrogens (tertiary/aromatic N) is 3. The Morgan fingerprint density at radius 1 is 1.19 bits per heavy atom. The Balaban J connectivity index is 1.38. The first-order chi connectivity index (χ1) is 13.2. The van der Waals surface area contributed by atoms with E-state index in [0.29, 0.717) is 37.9 Å². The molecule has 1 aliphatic heterocycles. The van der Waals surface area contributed by atoms with Gasteiger partial charge < -0.3 is 15.0 Å². The molecule has 1 atom stereocenters. The molecule has 1 saturated carbocycles. The summed E-state index contributed by atoms with van der Waals surface area (Å²) in [5, 5.41) is 7.19. The molecule has 2 aromatic rings. The zero-order valence-corrected chi connectivity index (χ0v) is 15.2. The van der Waals surface area contributed by atoms with Crippen LogP contribution in [0.2, 0.25) is 0 Å². The van der Waals surface area contributed by atoms with Crippen molar-refractivity contribution in [3.63, 3.8) is 0 Å². The molecule has 7 heteroatoms. The van der Waals surface area contributed by atoms with Crippen molar-refractivity contribution < 1.29 is 14.3 Å². The number of carbonyl (C=O) groups is 2. The highest BCUT2D eigenvalue weighted by Crippen LogP contribution is 2.43. The van der Waals surface area contributed by atoms with Crippen LogP contribution in [0.25, 0.3) is 0 Å². The standard InChI is InChI=1S/C20H24N4O3/c25-18(23-8-10-27-11-9-23)14-24-13-17(12-21-24)22-20(26)19(16-6-7-16)15-4-2-1-3-5-15/h1-5,12-13,16,19H,6-11,14H2,(H,22,26). The third-order valence-corrected chi connectivity index (χ3v) is 5.10. The molecule has 0 radical (unpaired) electrons. The van der Waals surface area contributed by atoms with E-state index in [2.05, 4.69) is 10.4 Å². The van der Waals surface area contributed by atoms with Gasteiger partial charge in [-0.15, -0.1) is 0 Å². The molecule has 2 aliphatic rings. The Labute approximate surface area is 158 Å². The fourth-order valence-corrected chi connectivity index (χ4v) is 3.51. The molecule has 4 rings (SSSR count). The largest absolute Gasteiger partial charge is 0.378 e. The highest BCUT2D eigenvalue weighted by atomic mass is 16.5. The molecule has 1 unspecified atom stereocenters. The second kappa shape index (κ2) is 7.92. The van der Waals surface area contributed by atoms with Crippen LogP contribution in [0.4, 0.5) is 5.69 Å². The minimum absolute atomic E-state index is 0.0113. The van der Waals surface area contributed by atoms with Crippen LogP contribution < -0.4 is 5.32 Å². The zero-order chi connectivity index (χ0) is 18.6. The average molecular weight is 368 g/mol. The molecule has 2 heterocycles. The van der Waals surface area contributed by atoms with Crippen molar-refractivity contribution in [1.29, 1.82) is 0 Å². The van der Waals surface area contributed by atoms with E-state index in [0.717, 1.165) is 18.4 Å². The van der Waals surface area contributed by atoms with Gasteiger partial charge in [0.1, 0.15) is 6.54 Å². The lowest BCUT2D eigenvalue weighted by molar-refractivity contribution is -0.136. The predicted molar refractivity (Wildman–Crippen MR) is 100 cm³/mol. The molecule has 7 nitrogen and oxygen atoms in total. The normalized spacial score (nSPS) is 18.1. The number of benzene rings is 1. The highest BCUT2D eigenvalue weighted by Gasteiger charge is 2.37. The first kappa shape index (κ1) is 17.7. The zero-order valence-electron chi connectivity index (χ0n) is 15.2. The Morgan fingerprint density at radius 3 is 2.63 bits per heavy atom. The molecule has 1 N–H and O–H groups in total. The lowest BCUT2D eigenvalue weighted by Crippen LogP contribution is -2.42. The molecule has 0 spiro atoms. The van der Waals surface area contributed by atoms with Crippen molar-refractivity contribution in [3.05, 3.63) is 48.3 Å². The van der Waals surface area contributed by atoms with Crippen molar-refractivity contribution in [2.24, 2.45) is 5.92 Å². The Morgan fingerprint density at radius 2 is 1.93 bits per heavy atom. The second-order valence-corrected chi connectivity index (χ2v) is 7.13. The summed E-state index contributed by atoms with van der Waals surface area (Å²) in [6.45, 7) is 2.55. The summed E-state index contributed by atoms with van der Waals surface area (Å²) in [6.07, 6.45) is 5.48. The van der Waals surface area contributed by atoms with Crippen LogP contribution in [0, 0.1) is 5.92 Å². The fraction of sp³-hybridized carbons (Fsp3) is 0.450. The predicted octanol–water partition coefficient (Wildman–Crippen LogP) is 1.87. The number of ether oxygens (including phenoxy) is 1. The lowest BCUT2D eigenvalue weighted by atomic mass is 9.93. The van der Waals surface area contributed by atoms with Gasteiger partial charge in [0.05, 0.1) is 31.0 Å². The lowest BCUT2D eigenvalue weighted by Gasteiger charge is -2.26. The van der Waals surface area contributed by atoms with Gasteiger partial charge >= 0.3 is 0 Å². The monoisotopic (exact) mass is 368 g/mol. The maximum Gasteiger partial charge on any atom is 0.244 e. The summed E-state index contributed by atoms with van der Waals surface area (Å²) < 4.78 is 6.84. The van der Waals surface area contributed by atoms with Gasteiger partial charge in [0.15, 0.2) is 0 Å². The SMILES string of the molecule is O=C(Nc1cnn(CC(=O)N2CCOCC2)c1)C(c1ccccc1)C1CC1. The molecule has 0 bridgehead atoms. The number of carbonyl (C=O) groups excluding carboxylic acids is 2. The van der Waals surface area contributed by atoms with Gasteiger partial charge in [-0.25, -0.2) is 0 Å². The number of rotatable bonds is 6. The van der Waals surface area contributed by atoms with Gasteiger partial charge in [-0.05, 0) is 24.3 Å². The quantitative estimate of drug-likeness (QED) is 0.845. The maximum absolute atomic E-state index is 12.8. The fourth-order valence-electron chi connectivity index (χ4n) is 3.51. The average Bonchev–Trinajstić information content (AvgIpc) is 3.43. The number of hydrogen-bond acceptors (Lipinski definition) is 4. The summed E-state index contributed by atoms with van der Waals surface area (Å²) >= 11 is 0. The summed E-state index contributed by atoms with van der Waals surface area (Å²) in [6, 6.07) is 9.90. The first-order valence-electron chi connectivity index (χ1n) is 9.44. The number of morpholine rings is 1. The molecule has 2 fully saturated rings. The first-order valence-corrected chi connectivity index (χ1v) is 9.44. The Kier molecular flexibility index (Phi) is 5.20. The third kappa shape index (κ3) is 4.36. The molecule has 2 amide bonds. The minimum atomic E-state index is -0.135. The Bertz CT molecular complexity index is 795. The van der Waals surface area contributed by atoms with Gasteiger partial charge in [0.2, 0.25) is 11.8 Å². The van der Waals surface area contributed by atoms with E-state index in [-0.39, 0.29) is 24.3 Å². The van der Waals surface area contributed by atoms with Crippen LogP contribution in [-0.4, -0.2) is 52.8 Å². The molecule has 1 aromatic heterocycles. The number of anilines is 1. The topological polar surface area (TPSA) is 76.5 Å². The van der Waals surface area contributed by atoms with Crippen LogP contribution >= 0.6 is 0 Å². The molecule has 27 heavy (non-hydrogen) atoms. The van der Waals surface area contributed by atoms with E-state index >= 15 is 0 Å². The number of hydrogen-bond donors (Lipinski definition) is 1. The molecule has 142 valence electrons. The number of nitrogens with one attached hydrogen (secondary N) is 1. The van der Waals surface area contributed by atoms with E-state index in [1.165, 1.54) is 0 Å². The van der Waals surface area contributed by atoms with E-state index in [4.69, 9.17) is 4.74 Å². The highest BCUT2D eigenvalue weighted by molar-refractivity contribution is 5.96. The number of aromatic nitrogens is 2. The van der Waals surface area contributed by atoms with Crippen LogP contribution in [-0.2, 0) is 20.9 Å². The van der Waals surface area contributed by atoms with Crippen molar-refractivity contribution >= 4 is 17.5 Å². The van der Waals surface area contributed by atoms with Crippen molar-refractivity contribution in [3.8, 4) is 0 Å². The van der Waals surface area contributed by atoms with E-state index in [1.54, 1.807) is 22.0 Å². The van der Waals surface area contributed by atoms with Gasteiger partial charge in [0, 0.05) is 19.3 Å². The van der Waals surface area contributed by atoms with Gasteiger partial charge in [-0.2, -0.15) is 5.10 Å².